The number of halogens is 1. The van der Waals surface area contributed by atoms with Crippen molar-refractivity contribution in [1.82, 2.24) is 5.32 Å². The summed E-state index contributed by atoms with van der Waals surface area (Å²) in [5.74, 6) is -0.231. The lowest BCUT2D eigenvalue weighted by Crippen LogP contribution is -2.35. The Labute approximate surface area is 118 Å². The number of amides is 1. The van der Waals surface area contributed by atoms with Gasteiger partial charge in [-0.2, -0.15) is 0 Å². The number of hydrogen-bond acceptors (Lipinski definition) is 3. The van der Waals surface area contributed by atoms with Gasteiger partial charge in [0.2, 0.25) is 5.91 Å². The van der Waals surface area contributed by atoms with Gasteiger partial charge >= 0.3 is 0 Å². The molecule has 2 unspecified atom stereocenters. The Hall–Kier alpha value is -1.95. The molecule has 4 nitrogen and oxygen atoms in total. The second kappa shape index (κ2) is 6.47. The van der Waals surface area contributed by atoms with Crippen molar-refractivity contribution in [2.24, 2.45) is 0 Å². The van der Waals surface area contributed by atoms with Gasteiger partial charge in [0, 0.05) is 4.90 Å². The van der Waals surface area contributed by atoms with E-state index in [4.69, 9.17) is 4.42 Å². The van der Waals surface area contributed by atoms with E-state index in [1.54, 1.807) is 19.1 Å². The van der Waals surface area contributed by atoms with Gasteiger partial charge in [0.1, 0.15) is 16.8 Å². The number of hydrogen-bond donors (Lipinski definition) is 1. The monoisotopic (exact) mass is 295 g/mol. The van der Waals surface area contributed by atoms with Crippen LogP contribution in [0, 0.1) is 5.82 Å². The molecule has 2 aromatic rings. The molecule has 0 aliphatic heterocycles. The van der Waals surface area contributed by atoms with Crippen molar-refractivity contribution < 1.29 is 17.8 Å². The molecule has 20 heavy (non-hydrogen) atoms. The zero-order valence-electron chi connectivity index (χ0n) is 10.8. The van der Waals surface area contributed by atoms with Gasteiger partial charge < -0.3 is 9.73 Å². The first-order valence-electron chi connectivity index (χ1n) is 6.04. The summed E-state index contributed by atoms with van der Waals surface area (Å²) in [5, 5.41) is 1.86. The number of carbonyl (C=O) groups excluding carboxylic acids is 1. The summed E-state index contributed by atoms with van der Waals surface area (Å²) in [5.41, 5.74) is 0. The Morgan fingerprint density at radius 1 is 1.40 bits per heavy atom. The molecule has 6 heteroatoms. The molecule has 1 heterocycles. The standard InChI is InChI=1S/C14H14FNO3S/c1-10(14(17)16-9-12-5-3-7-19-12)20(18)13-6-2-4-11(15)8-13/h2-8,10H,9H2,1H3,(H,16,17). The van der Waals surface area contributed by atoms with Crippen molar-refractivity contribution in [2.45, 2.75) is 23.6 Å². The molecule has 0 aliphatic rings. The molecule has 0 aliphatic carbocycles. The second-order valence-corrected chi connectivity index (χ2v) is 5.97. The molecule has 2 atom stereocenters. The Kier molecular flexibility index (Phi) is 4.68. The molecule has 0 saturated heterocycles. The molecule has 1 amide bonds. The molecule has 1 aromatic heterocycles. The lowest BCUT2D eigenvalue weighted by atomic mass is 10.3. The van der Waals surface area contributed by atoms with E-state index >= 15 is 0 Å². The van der Waals surface area contributed by atoms with Crippen molar-refractivity contribution in [3.8, 4) is 0 Å². The van der Waals surface area contributed by atoms with Crippen LogP contribution in [-0.4, -0.2) is 15.4 Å². The highest BCUT2D eigenvalue weighted by atomic mass is 32.2. The third-order valence-corrected chi connectivity index (χ3v) is 4.31. The van der Waals surface area contributed by atoms with Crippen LogP contribution in [0.4, 0.5) is 4.39 Å². The molecule has 2 rings (SSSR count). The quantitative estimate of drug-likeness (QED) is 0.920. The van der Waals surface area contributed by atoms with Crippen molar-refractivity contribution in [3.05, 3.63) is 54.2 Å². The van der Waals surface area contributed by atoms with E-state index in [0.29, 0.717) is 10.7 Å². The minimum atomic E-state index is -1.60. The Morgan fingerprint density at radius 2 is 2.20 bits per heavy atom. The highest BCUT2D eigenvalue weighted by molar-refractivity contribution is 7.86. The first kappa shape index (κ1) is 14.5. The normalized spacial score (nSPS) is 13.7. The van der Waals surface area contributed by atoms with Crippen LogP contribution in [0.2, 0.25) is 0 Å². The van der Waals surface area contributed by atoms with Gasteiger partial charge in [-0.1, -0.05) is 6.07 Å². The molecule has 106 valence electrons. The summed E-state index contributed by atoms with van der Waals surface area (Å²) in [4.78, 5) is 12.2. The van der Waals surface area contributed by atoms with E-state index in [2.05, 4.69) is 5.32 Å². The number of nitrogens with one attached hydrogen (secondary N) is 1. The molecule has 1 N–H and O–H groups in total. The largest absolute Gasteiger partial charge is 0.467 e. The Bertz CT molecular complexity index is 613. The molecule has 0 fully saturated rings. The van der Waals surface area contributed by atoms with Crippen LogP contribution in [0.15, 0.2) is 52.0 Å². The SMILES string of the molecule is CC(C(=O)NCc1ccco1)S(=O)c1cccc(F)c1. The van der Waals surface area contributed by atoms with Gasteiger partial charge in [-0.15, -0.1) is 0 Å². The molecule has 0 spiro atoms. The van der Waals surface area contributed by atoms with Crippen LogP contribution >= 0.6 is 0 Å². The number of rotatable bonds is 5. The maximum atomic E-state index is 13.1. The molecular weight excluding hydrogens is 281 g/mol. The lowest BCUT2D eigenvalue weighted by molar-refractivity contribution is -0.120. The van der Waals surface area contributed by atoms with Crippen LogP contribution in [0.3, 0.4) is 0 Å². The summed E-state index contributed by atoms with van der Waals surface area (Å²) in [6, 6.07) is 8.89. The number of carbonyl (C=O) groups is 1. The summed E-state index contributed by atoms with van der Waals surface area (Å²) in [7, 11) is -1.60. The maximum Gasteiger partial charge on any atom is 0.236 e. The summed E-state index contributed by atoms with van der Waals surface area (Å²) in [6.45, 7) is 1.77. The second-order valence-electron chi connectivity index (χ2n) is 4.19. The molecular formula is C14H14FNO3S. The first-order chi connectivity index (χ1) is 9.58. The minimum absolute atomic E-state index is 0.233. The van der Waals surface area contributed by atoms with Gasteiger partial charge in [-0.3, -0.25) is 9.00 Å². The molecule has 0 radical (unpaired) electrons. The van der Waals surface area contributed by atoms with Crippen LogP contribution in [0.25, 0.3) is 0 Å². The highest BCUT2D eigenvalue weighted by Gasteiger charge is 2.21. The smallest absolute Gasteiger partial charge is 0.236 e. The third kappa shape index (κ3) is 3.54. The van der Waals surface area contributed by atoms with Crippen molar-refractivity contribution >= 4 is 16.7 Å². The van der Waals surface area contributed by atoms with Gasteiger partial charge in [-0.05, 0) is 37.3 Å². The van der Waals surface area contributed by atoms with Crippen LogP contribution in [0.5, 0.6) is 0 Å². The van der Waals surface area contributed by atoms with Crippen LogP contribution < -0.4 is 5.32 Å². The Morgan fingerprint density at radius 3 is 2.85 bits per heavy atom. The average Bonchev–Trinajstić information content (AvgIpc) is 2.96. The fourth-order valence-corrected chi connectivity index (χ4v) is 2.75. The van der Waals surface area contributed by atoms with Gasteiger partial charge in [0.15, 0.2) is 0 Å². The van der Waals surface area contributed by atoms with E-state index in [9.17, 15) is 13.4 Å². The summed E-state index contributed by atoms with van der Waals surface area (Å²) in [6.07, 6.45) is 1.51. The van der Waals surface area contributed by atoms with Crippen molar-refractivity contribution in [1.29, 1.82) is 0 Å². The van der Waals surface area contributed by atoms with Crippen LogP contribution in [-0.2, 0) is 22.1 Å². The minimum Gasteiger partial charge on any atom is -0.467 e. The number of benzene rings is 1. The predicted molar refractivity (Wildman–Crippen MR) is 72.8 cm³/mol. The highest BCUT2D eigenvalue weighted by Crippen LogP contribution is 2.13. The van der Waals surface area contributed by atoms with Crippen LogP contribution in [0.1, 0.15) is 12.7 Å². The Balaban J connectivity index is 1.97. The lowest BCUT2D eigenvalue weighted by Gasteiger charge is -2.11. The fraction of sp³-hybridized carbons (Fsp3) is 0.214. The first-order valence-corrected chi connectivity index (χ1v) is 7.25. The van der Waals surface area contributed by atoms with Crippen molar-refractivity contribution in [3.63, 3.8) is 0 Å². The summed E-state index contributed by atoms with van der Waals surface area (Å²) < 4.78 is 30.3. The average molecular weight is 295 g/mol. The van der Waals surface area contributed by atoms with E-state index in [0.717, 1.165) is 0 Å². The molecule has 0 saturated carbocycles. The van der Waals surface area contributed by atoms with E-state index in [-0.39, 0.29) is 12.5 Å². The van der Waals surface area contributed by atoms with Gasteiger partial charge in [0.05, 0.1) is 23.6 Å². The zero-order valence-corrected chi connectivity index (χ0v) is 11.7. The fourth-order valence-electron chi connectivity index (χ4n) is 1.62. The topological polar surface area (TPSA) is 59.3 Å². The maximum absolute atomic E-state index is 13.1. The predicted octanol–water partition coefficient (Wildman–Crippen LogP) is 2.23. The van der Waals surface area contributed by atoms with E-state index < -0.39 is 21.9 Å². The van der Waals surface area contributed by atoms with E-state index in [1.807, 2.05) is 0 Å². The van der Waals surface area contributed by atoms with Gasteiger partial charge in [-0.25, -0.2) is 4.39 Å². The number of furan rings is 1. The molecule has 0 bridgehead atoms. The zero-order chi connectivity index (χ0) is 14.5. The third-order valence-electron chi connectivity index (χ3n) is 2.74. The van der Waals surface area contributed by atoms with Gasteiger partial charge in [0.25, 0.3) is 0 Å². The van der Waals surface area contributed by atoms with E-state index in [1.165, 1.54) is 30.5 Å². The van der Waals surface area contributed by atoms with Crippen molar-refractivity contribution in [2.75, 3.05) is 0 Å². The molecule has 1 aromatic carbocycles. The summed E-state index contributed by atoms with van der Waals surface area (Å²) >= 11 is 0.